The lowest BCUT2D eigenvalue weighted by Gasteiger charge is -2.39. The Kier molecular flexibility index (Phi) is 21.0. The number of amides is 2. The molecule has 0 aliphatic carbocycles. The second-order valence-corrected chi connectivity index (χ2v) is 19.2. The normalized spacial score (nSPS) is 21.9. The van der Waals surface area contributed by atoms with Gasteiger partial charge in [0.15, 0.2) is 41.0 Å². The van der Waals surface area contributed by atoms with Crippen molar-refractivity contribution in [3.05, 3.63) is 130 Å². The van der Waals surface area contributed by atoms with Crippen molar-refractivity contribution in [1.82, 2.24) is 25.5 Å². The molecule has 5 aromatic rings. The number of nitrogen functional groups attached to an aromatic ring is 2. The molecular formula is C53H69ClN10O11. The Labute approximate surface area is 440 Å². The molecule has 2 saturated heterocycles. The lowest BCUT2D eigenvalue weighted by molar-refractivity contribution is -0.283. The maximum atomic E-state index is 12.8. The summed E-state index contributed by atoms with van der Waals surface area (Å²) in [5.74, 6) is -1.61. The number of fused-ring (bicyclic) bond motifs is 1. The van der Waals surface area contributed by atoms with Gasteiger partial charge in [0, 0.05) is 37.2 Å². The third kappa shape index (κ3) is 16.1. The van der Waals surface area contributed by atoms with Crippen LogP contribution in [0.3, 0.4) is 0 Å². The smallest absolute Gasteiger partial charge is 0.280 e. The number of aliphatic hydroxyl groups is 5. The van der Waals surface area contributed by atoms with E-state index in [1.54, 1.807) is 17.0 Å². The van der Waals surface area contributed by atoms with E-state index in [0.717, 1.165) is 40.3 Å². The number of nitrogens with zero attached hydrogens (tertiary/aromatic N) is 4. The molecule has 0 radical (unpaired) electrons. The van der Waals surface area contributed by atoms with Gasteiger partial charge in [0.1, 0.15) is 24.4 Å². The monoisotopic (exact) mass is 1060 g/mol. The highest BCUT2D eigenvalue weighted by Gasteiger charge is 2.40. The van der Waals surface area contributed by atoms with E-state index < -0.39 is 73.2 Å². The number of nitrogens with two attached hydrogens (primary N) is 4. The Bertz CT molecular complexity index is 2660. The van der Waals surface area contributed by atoms with Crippen LogP contribution in [0.1, 0.15) is 77.4 Å². The number of halogens is 1. The molecule has 3 heterocycles. The third-order valence-electron chi connectivity index (χ3n) is 13.2. The summed E-state index contributed by atoms with van der Waals surface area (Å²) < 4.78 is 23.5. The van der Waals surface area contributed by atoms with Gasteiger partial charge in [0.2, 0.25) is 5.91 Å². The number of aromatic nitrogens is 2. The molecule has 7 rings (SSSR count). The van der Waals surface area contributed by atoms with Gasteiger partial charge in [-0.05, 0) is 73.5 Å². The first-order valence-electron chi connectivity index (χ1n) is 25.1. The maximum absolute atomic E-state index is 12.8. The van der Waals surface area contributed by atoms with Gasteiger partial charge in [0.25, 0.3) is 5.91 Å². The summed E-state index contributed by atoms with van der Waals surface area (Å²) >= 11 is 5.89. The molecule has 10 atom stereocenters. The molecule has 2 aliphatic heterocycles. The van der Waals surface area contributed by atoms with Gasteiger partial charge in [-0.15, -0.1) is 0 Å². The molecule has 15 N–H and O–H groups in total. The summed E-state index contributed by atoms with van der Waals surface area (Å²) in [5.41, 5.74) is 26.7. The first-order valence-corrected chi connectivity index (χ1v) is 25.5. The zero-order valence-corrected chi connectivity index (χ0v) is 42.3. The van der Waals surface area contributed by atoms with Crippen LogP contribution >= 0.6 is 11.6 Å². The molecule has 2 unspecified atom stereocenters. The Morgan fingerprint density at radius 1 is 0.760 bits per heavy atom. The van der Waals surface area contributed by atoms with Gasteiger partial charge < -0.3 is 72.7 Å². The van der Waals surface area contributed by atoms with Crippen molar-refractivity contribution in [3.63, 3.8) is 0 Å². The van der Waals surface area contributed by atoms with Gasteiger partial charge >= 0.3 is 0 Å². The highest BCUT2D eigenvalue weighted by atomic mass is 35.5. The van der Waals surface area contributed by atoms with Crippen LogP contribution in [0.4, 0.5) is 11.6 Å². The van der Waals surface area contributed by atoms with Crippen LogP contribution in [0.2, 0.25) is 5.15 Å². The number of hydrogen-bond donors (Lipinski definition) is 11. The fourth-order valence-electron chi connectivity index (χ4n) is 9.25. The van der Waals surface area contributed by atoms with E-state index >= 15 is 0 Å². The van der Waals surface area contributed by atoms with Crippen molar-refractivity contribution in [1.29, 1.82) is 0 Å². The average molecular weight is 1060 g/mol. The lowest BCUT2D eigenvalue weighted by atomic mass is 9.93. The number of carbonyl (C=O) groups is 2. The van der Waals surface area contributed by atoms with Crippen LogP contribution in [0.5, 0.6) is 0 Å². The van der Waals surface area contributed by atoms with E-state index in [4.69, 9.17) is 53.5 Å². The van der Waals surface area contributed by atoms with Crippen molar-refractivity contribution in [2.45, 2.75) is 106 Å². The van der Waals surface area contributed by atoms with Crippen LogP contribution in [0.25, 0.3) is 10.8 Å². The zero-order chi connectivity index (χ0) is 53.4. The summed E-state index contributed by atoms with van der Waals surface area (Å²) in [5, 5.41) is 63.8. The van der Waals surface area contributed by atoms with Crippen LogP contribution in [-0.4, -0.2) is 153 Å². The van der Waals surface area contributed by atoms with E-state index in [1.807, 2.05) is 60.7 Å². The topological polar surface area (TPSA) is 342 Å². The Morgan fingerprint density at radius 2 is 1.37 bits per heavy atom. The standard InChI is InChI=1S/C53H69ClN10O11/c54-46-48(56)62-47(55)43(61-46)50(71)63-53(58)60-23-10-9-12-31-19-20-32(37-18-8-7-17-36(31)37)21-22-38(49(57)70)59-24-11-25-64(27-35(65)26-42-40(67)29-72-51(74-42)33-13-3-1-4-14-33)28-39(66)44(69)45-41(68)30-73-52(75-45)34-15-5-2-6-16-34/h1-8,13-20,35,38-42,44-45,51-52,59,65-69H,9-12,21-30H2,(H2,57,70)(H4,55,56,62)(H3,58,60,63,71)/t35-,38+,39+,40-,41-,42+,44-,45-,51?,52?/m1/s1. The van der Waals surface area contributed by atoms with E-state index in [1.165, 1.54) is 0 Å². The molecule has 2 amide bonds. The van der Waals surface area contributed by atoms with Gasteiger partial charge in [-0.3, -0.25) is 24.8 Å². The molecule has 22 heteroatoms. The molecule has 4 aromatic carbocycles. The molecule has 1 aromatic heterocycles. The lowest BCUT2D eigenvalue weighted by Crippen LogP contribution is -2.54. The summed E-state index contributed by atoms with van der Waals surface area (Å²) in [6, 6.07) is 29.9. The third-order valence-corrected chi connectivity index (χ3v) is 13.5. The summed E-state index contributed by atoms with van der Waals surface area (Å²) in [6.07, 6.45) is -6.05. The van der Waals surface area contributed by atoms with Crippen molar-refractivity contribution in [2.24, 2.45) is 16.5 Å². The summed E-state index contributed by atoms with van der Waals surface area (Å²) in [7, 11) is 0. The number of anilines is 2. The number of aliphatic hydroxyl groups excluding tert-OH is 5. The number of unbranched alkanes of at least 4 members (excludes halogenated alkanes) is 1. The number of guanidine groups is 1. The largest absolute Gasteiger partial charge is 0.392 e. The predicted molar refractivity (Wildman–Crippen MR) is 282 cm³/mol. The molecule has 0 saturated carbocycles. The second kappa shape index (κ2) is 27.7. The van der Waals surface area contributed by atoms with Crippen LogP contribution in [0.15, 0.2) is 102 Å². The van der Waals surface area contributed by atoms with Crippen LogP contribution < -0.4 is 33.6 Å². The number of aryl methyl sites for hydroxylation is 2. The molecule has 404 valence electrons. The van der Waals surface area contributed by atoms with Gasteiger partial charge in [-0.1, -0.05) is 109 Å². The number of hydrogen-bond acceptors (Lipinski definition) is 18. The molecular weight excluding hydrogens is 988 g/mol. The highest BCUT2D eigenvalue weighted by Crippen LogP contribution is 2.31. The molecule has 2 fully saturated rings. The Hall–Kier alpha value is -5.92. The fraction of sp³-hybridized carbons (Fsp3) is 0.453. The molecule has 2 aliphatic rings. The number of ether oxygens (including phenoxy) is 4. The van der Waals surface area contributed by atoms with Crippen LogP contribution in [0, 0.1) is 0 Å². The zero-order valence-electron chi connectivity index (χ0n) is 41.6. The Morgan fingerprint density at radius 3 is 2.03 bits per heavy atom. The van der Waals surface area contributed by atoms with Gasteiger partial charge in [-0.2, -0.15) is 0 Å². The van der Waals surface area contributed by atoms with Crippen molar-refractivity contribution in [2.75, 3.05) is 57.4 Å². The average Bonchev–Trinajstić information content (AvgIpc) is 3.40. The number of carbonyl (C=O) groups excluding carboxylic acids is 2. The van der Waals surface area contributed by atoms with Crippen molar-refractivity contribution >= 4 is 51.8 Å². The highest BCUT2D eigenvalue weighted by molar-refractivity contribution is 6.31. The SMILES string of the molecule is NC(=O)[C@H](CCc1ccc(CCCCN=C(N)NC(=O)c2nc(Cl)c(N)nc2N)c2ccccc12)NCCCN(C[C@H](O)C[C@@H]1OC(c2ccccc2)OC[C@H]1O)C[C@H](O)[C@@H](O)[C@@H]1OC(c2ccccc2)OC[C@H]1O. The minimum atomic E-state index is -1.53. The van der Waals surface area contributed by atoms with Gasteiger partial charge in [0.05, 0.1) is 37.6 Å². The van der Waals surface area contributed by atoms with E-state index in [-0.39, 0.29) is 61.2 Å². The van der Waals surface area contributed by atoms with Gasteiger partial charge in [-0.25, -0.2) is 9.97 Å². The maximum Gasteiger partial charge on any atom is 0.280 e. The predicted octanol–water partition coefficient (Wildman–Crippen LogP) is 2.01. The molecule has 75 heavy (non-hydrogen) atoms. The minimum absolute atomic E-state index is 0.00938. The quantitative estimate of drug-likeness (QED) is 0.0226. The number of benzene rings is 4. The van der Waals surface area contributed by atoms with Crippen molar-refractivity contribution < 1.29 is 54.1 Å². The van der Waals surface area contributed by atoms with E-state index in [9.17, 15) is 35.1 Å². The first-order chi connectivity index (χ1) is 36.1. The second-order valence-electron chi connectivity index (χ2n) is 18.8. The van der Waals surface area contributed by atoms with E-state index in [2.05, 4.69) is 49.9 Å². The number of aliphatic imine (C=N–C) groups is 1. The van der Waals surface area contributed by atoms with E-state index in [0.29, 0.717) is 50.9 Å². The first kappa shape index (κ1) is 56.8. The van der Waals surface area contributed by atoms with Crippen molar-refractivity contribution in [3.8, 4) is 0 Å². The number of rotatable bonds is 25. The minimum Gasteiger partial charge on any atom is -0.392 e. The molecule has 0 spiro atoms. The summed E-state index contributed by atoms with van der Waals surface area (Å²) in [6.45, 7) is 0.804. The molecule has 21 nitrogen and oxygen atoms in total. The fourth-order valence-corrected chi connectivity index (χ4v) is 9.38. The summed E-state index contributed by atoms with van der Waals surface area (Å²) in [4.78, 5) is 39.1. The van der Waals surface area contributed by atoms with Crippen LogP contribution in [-0.2, 0) is 36.6 Å². The Balaban J connectivity index is 0.926. The number of nitrogens with one attached hydrogen (secondary N) is 2. The molecule has 0 bridgehead atoms. The number of primary amides is 1.